The Balaban J connectivity index is 1.75. The van der Waals surface area contributed by atoms with Crippen molar-refractivity contribution in [3.63, 3.8) is 0 Å². The number of H-pyrrole nitrogens is 1. The molecule has 0 saturated carbocycles. The molecule has 10 heteroatoms. The van der Waals surface area contributed by atoms with Crippen LogP contribution >= 0.6 is 0 Å². The van der Waals surface area contributed by atoms with Crippen LogP contribution in [-0.2, 0) is 20.7 Å². The highest BCUT2D eigenvalue weighted by molar-refractivity contribution is 6.01. The fraction of sp³-hybridized carbons (Fsp3) is 0.400. The van der Waals surface area contributed by atoms with Crippen molar-refractivity contribution in [1.82, 2.24) is 14.9 Å². The number of benzene rings is 1. The molecule has 0 aliphatic carbocycles. The van der Waals surface area contributed by atoms with E-state index in [1.165, 1.54) is 6.20 Å². The number of carbonyl (C=O) groups excluding carboxylic acids is 2. The summed E-state index contributed by atoms with van der Waals surface area (Å²) in [6, 6.07) is 7.17. The third-order valence-electron chi connectivity index (χ3n) is 4.79. The Morgan fingerprint density at radius 1 is 1.23 bits per heavy atom. The largest absolute Gasteiger partial charge is 0.480 e. The first kappa shape index (κ1) is 21.5. The van der Waals surface area contributed by atoms with Crippen LogP contribution in [0.2, 0.25) is 0 Å². The van der Waals surface area contributed by atoms with Crippen molar-refractivity contribution in [3.8, 4) is 0 Å². The number of nitrogens with one attached hydrogen (secondary N) is 2. The molecule has 2 unspecified atom stereocenters. The van der Waals surface area contributed by atoms with Crippen molar-refractivity contribution in [2.75, 3.05) is 31.6 Å². The number of rotatable bonds is 9. The predicted octanol–water partition coefficient (Wildman–Crippen LogP) is 0.276. The van der Waals surface area contributed by atoms with Gasteiger partial charge in [0.25, 0.3) is 0 Å². The smallest absolute Gasteiger partial charge is 0.320 e. The Morgan fingerprint density at radius 2 is 1.93 bits per heavy atom. The fourth-order valence-electron chi connectivity index (χ4n) is 3.14. The molecular weight excluding hydrogens is 390 g/mol. The zero-order valence-electron chi connectivity index (χ0n) is 16.4. The zero-order chi connectivity index (χ0) is 21.5. The number of ketones is 1. The van der Waals surface area contributed by atoms with Gasteiger partial charge >= 0.3 is 5.97 Å². The first-order valence-corrected chi connectivity index (χ1v) is 9.67. The van der Waals surface area contributed by atoms with E-state index in [0.29, 0.717) is 37.7 Å². The van der Waals surface area contributed by atoms with Gasteiger partial charge in [-0.3, -0.25) is 14.4 Å². The first-order chi connectivity index (χ1) is 14.4. The van der Waals surface area contributed by atoms with Gasteiger partial charge in [0.15, 0.2) is 5.82 Å². The molecule has 1 saturated heterocycles. The Labute approximate surface area is 173 Å². The summed E-state index contributed by atoms with van der Waals surface area (Å²) in [6.07, 6.45) is 1.36. The number of aromatic amines is 1. The zero-order valence-corrected chi connectivity index (χ0v) is 16.4. The van der Waals surface area contributed by atoms with Gasteiger partial charge in [-0.05, 0) is 12.1 Å². The standard InChI is InChI=1S/C20H25N5O5/c21-15(20(28)29)10-14-12-22-19(24-14)18(27)16(23-13-4-2-1-3-5-13)11-17(26)25-6-8-30-9-7-25/h1-5,12,15-16,23H,6-11,21H2,(H,22,24)(H,28,29). The maximum absolute atomic E-state index is 13.1. The molecule has 5 N–H and O–H groups in total. The third kappa shape index (κ3) is 5.65. The average molecular weight is 415 g/mol. The molecule has 30 heavy (non-hydrogen) atoms. The number of nitrogens with two attached hydrogens (primary N) is 1. The number of carboxylic acids is 1. The van der Waals surface area contributed by atoms with Crippen LogP contribution in [-0.4, -0.2) is 76.0 Å². The van der Waals surface area contributed by atoms with Crippen molar-refractivity contribution < 1.29 is 24.2 Å². The molecule has 1 aliphatic heterocycles. The Hall–Kier alpha value is -3.24. The summed E-state index contributed by atoms with van der Waals surface area (Å²) in [6.45, 7) is 1.93. The molecule has 1 aromatic carbocycles. The van der Waals surface area contributed by atoms with Gasteiger partial charge in [0.1, 0.15) is 12.1 Å². The summed E-state index contributed by atoms with van der Waals surface area (Å²) in [5, 5.41) is 12.1. The van der Waals surface area contributed by atoms with E-state index in [-0.39, 0.29) is 24.6 Å². The van der Waals surface area contributed by atoms with Crippen LogP contribution in [0.25, 0.3) is 0 Å². The Kier molecular flexibility index (Phi) is 7.15. The summed E-state index contributed by atoms with van der Waals surface area (Å²) in [4.78, 5) is 45.3. The van der Waals surface area contributed by atoms with Crippen LogP contribution in [0.15, 0.2) is 36.5 Å². The molecule has 0 spiro atoms. The van der Waals surface area contributed by atoms with E-state index >= 15 is 0 Å². The molecular formula is C20H25N5O5. The maximum Gasteiger partial charge on any atom is 0.320 e. The average Bonchev–Trinajstić information content (AvgIpc) is 3.22. The monoisotopic (exact) mass is 415 g/mol. The van der Waals surface area contributed by atoms with E-state index < -0.39 is 23.8 Å². The quantitative estimate of drug-likeness (QED) is 0.426. The number of ether oxygens (including phenoxy) is 1. The molecule has 1 aromatic heterocycles. The van der Waals surface area contributed by atoms with Crippen molar-refractivity contribution in [3.05, 3.63) is 48.0 Å². The second-order valence-corrected chi connectivity index (χ2v) is 7.03. The highest BCUT2D eigenvalue weighted by Gasteiger charge is 2.28. The lowest BCUT2D eigenvalue weighted by Gasteiger charge is -2.28. The lowest BCUT2D eigenvalue weighted by Crippen LogP contribution is -2.44. The molecule has 1 amide bonds. The number of hydrogen-bond acceptors (Lipinski definition) is 7. The minimum absolute atomic E-state index is 0.0130. The lowest BCUT2D eigenvalue weighted by molar-refractivity contribution is -0.138. The molecule has 0 radical (unpaired) electrons. The summed E-state index contributed by atoms with van der Waals surface area (Å²) < 4.78 is 5.28. The van der Waals surface area contributed by atoms with Gasteiger partial charge in [0.2, 0.25) is 11.7 Å². The van der Waals surface area contributed by atoms with Gasteiger partial charge in [-0.15, -0.1) is 0 Å². The highest BCUT2D eigenvalue weighted by Crippen LogP contribution is 2.15. The van der Waals surface area contributed by atoms with Gasteiger partial charge in [-0.25, -0.2) is 4.98 Å². The van der Waals surface area contributed by atoms with Crippen LogP contribution in [0.5, 0.6) is 0 Å². The van der Waals surface area contributed by atoms with Gasteiger partial charge in [-0.1, -0.05) is 18.2 Å². The molecule has 1 aliphatic rings. The van der Waals surface area contributed by atoms with Crippen molar-refractivity contribution in [1.29, 1.82) is 0 Å². The van der Waals surface area contributed by atoms with E-state index in [9.17, 15) is 14.4 Å². The van der Waals surface area contributed by atoms with Crippen molar-refractivity contribution >= 4 is 23.3 Å². The molecule has 10 nitrogen and oxygen atoms in total. The molecule has 0 bridgehead atoms. The lowest BCUT2D eigenvalue weighted by atomic mass is 10.1. The number of morpholine rings is 1. The number of Topliss-reactive ketones (excluding diaryl/α,β-unsaturated/α-hetero) is 1. The minimum atomic E-state index is -1.14. The number of carboxylic acid groups (broad SMARTS) is 1. The van der Waals surface area contributed by atoms with Gasteiger partial charge in [-0.2, -0.15) is 0 Å². The van der Waals surface area contributed by atoms with Crippen molar-refractivity contribution in [2.45, 2.75) is 24.9 Å². The Morgan fingerprint density at radius 3 is 2.60 bits per heavy atom. The molecule has 2 aromatic rings. The van der Waals surface area contributed by atoms with Crippen LogP contribution < -0.4 is 11.1 Å². The number of imidazole rings is 1. The van der Waals surface area contributed by atoms with Crippen molar-refractivity contribution in [2.24, 2.45) is 5.73 Å². The maximum atomic E-state index is 13.1. The van der Waals surface area contributed by atoms with Crippen LogP contribution in [0.3, 0.4) is 0 Å². The van der Waals surface area contributed by atoms with Crippen LogP contribution in [0, 0.1) is 0 Å². The number of para-hydroxylation sites is 1. The first-order valence-electron chi connectivity index (χ1n) is 9.67. The highest BCUT2D eigenvalue weighted by atomic mass is 16.5. The minimum Gasteiger partial charge on any atom is -0.480 e. The number of nitrogens with zero attached hydrogens (tertiary/aromatic N) is 2. The molecule has 2 atom stereocenters. The number of aliphatic carboxylic acids is 1. The van der Waals surface area contributed by atoms with E-state index in [4.69, 9.17) is 15.6 Å². The van der Waals surface area contributed by atoms with Crippen LogP contribution in [0.1, 0.15) is 22.7 Å². The summed E-state index contributed by atoms with van der Waals surface area (Å²) in [5.41, 5.74) is 6.68. The topological polar surface area (TPSA) is 151 Å². The van der Waals surface area contributed by atoms with E-state index in [1.807, 2.05) is 18.2 Å². The molecule has 1 fully saturated rings. The SMILES string of the molecule is NC(Cc1cnc(C(=O)C(CC(=O)N2CCOCC2)Nc2ccccc2)[nH]1)C(=O)O. The summed E-state index contributed by atoms with van der Waals surface area (Å²) >= 11 is 0. The number of amides is 1. The van der Waals surface area contributed by atoms with E-state index in [2.05, 4.69) is 15.3 Å². The molecule has 2 heterocycles. The fourth-order valence-corrected chi connectivity index (χ4v) is 3.14. The van der Waals surface area contributed by atoms with E-state index in [1.54, 1.807) is 17.0 Å². The normalized spacial score (nSPS) is 16.0. The second-order valence-electron chi connectivity index (χ2n) is 7.03. The summed E-state index contributed by atoms with van der Waals surface area (Å²) in [5.74, 6) is -1.64. The number of carbonyl (C=O) groups is 3. The van der Waals surface area contributed by atoms with Gasteiger partial charge < -0.3 is 30.8 Å². The number of hydrogen-bond donors (Lipinski definition) is 4. The van der Waals surface area contributed by atoms with Crippen LogP contribution in [0.4, 0.5) is 5.69 Å². The number of aromatic nitrogens is 2. The molecule has 3 rings (SSSR count). The molecule has 160 valence electrons. The number of anilines is 1. The Bertz CT molecular complexity index is 879. The third-order valence-corrected chi connectivity index (χ3v) is 4.79. The summed E-state index contributed by atoms with van der Waals surface area (Å²) in [7, 11) is 0. The van der Waals surface area contributed by atoms with E-state index in [0.717, 1.165) is 0 Å². The predicted molar refractivity (Wildman–Crippen MR) is 108 cm³/mol. The van der Waals surface area contributed by atoms with Gasteiger partial charge in [0, 0.05) is 37.1 Å². The second kappa shape index (κ2) is 9.99. The van der Waals surface area contributed by atoms with Gasteiger partial charge in [0.05, 0.1) is 19.6 Å².